The van der Waals surface area contributed by atoms with Crippen LogP contribution in [-0.2, 0) is 14.3 Å². The number of amides is 1. The molecule has 0 saturated carbocycles. The second-order valence-electron chi connectivity index (χ2n) is 10.2. The van der Waals surface area contributed by atoms with Crippen molar-refractivity contribution in [2.75, 3.05) is 13.2 Å². The topological polar surface area (TPSA) is 149 Å². The zero-order chi connectivity index (χ0) is 28.9. The summed E-state index contributed by atoms with van der Waals surface area (Å²) >= 11 is 0. The van der Waals surface area contributed by atoms with Gasteiger partial charge in [-0.1, -0.05) is 82.4 Å². The average molecular weight is 556 g/mol. The Hall–Kier alpha value is -1.59. The number of unbranched alkanes of at least 4 members (excludes halogenated alkanes) is 7. The summed E-state index contributed by atoms with van der Waals surface area (Å²) in [6.45, 7) is 3.50. The quantitative estimate of drug-likeness (QED) is 0.0935. The number of carbonyl (C=O) groups excluding carboxylic acids is 1. The van der Waals surface area contributed by atoms with Crippen LogP contribution < -0.4 is 5.32 Å². The number of nitrogens with one attached hydrogen (secondary N) is 1. The number of hydrogen-bond acceptors (Lipinski definition) is 8. The zero-order valence-electron chi connectivity index (χ0n) is 23.9. The van der Waals surface area contributed by atoms with Crippen LogP contribution in [0.3, 0.4) is 0 Å². The minimum absolute atomic E-state index is 0.208. The molecule has 0 aromatic carbocycles. The van der Waals surface area contributed by atoms with Crippen molar-refractivity contribution in [2.24, 2.45) is 0 Å². The SMILES string of the molecule is CCCC/C=C/CC/C=C/CC/C=C/C(O)C(COC1OC(CO)C(O)C(O)C1O)NC(=O)CCCCCC. The Labute approximate surface area is 234 Å². The van der Waals surface area contributed by atoms with Gasteiger partial charge in [-0.3, -0.25) is 4.79 Å². The Morgan fingerprint density at radius 3 is 2.08 bits per heavy atom. The fourth-order valence-electron chi connectivity index (χ4n) is 4.17. The molecule has 1 fully saturated rings. The molecule has 9 nitrogen and oxygen atoms in total. The molecule has 0 radical (unpaired) electrons. The largest absolute Gasteiger partial charge is 0.394 e. The van der Waals surface area contributed by atoms with E-state index in [0.717, 1.165) is 57.8 Å². The smallest absolute Gasteiger partial charge is 0.220 e. The fraction of sp³-hybridized carbons (Fsp3) is 0.767. The predicted octanol–water partition coefficient (Wildman–Crippen LogP) is 3.04. The summed E-state index contributed by atoms with van der Waals surface area (Å²) in [5, 5.41) is 53.1. The first-order valence-electron chi connectivity index (χ1n) is 14.7. The van der Waals surface area contributed by atoms with Gasteiger partial charge in [-0.15, -0.1) is 0 Å². The predicted molar refractivity (Wildman–Crippen MR) is 152 cm³/mol. The van der Waals surface area contributed by atoms with E-state index in [1.54, 1.807) is 6.08 Å². The highest BCUT2D eigenvalue weighted by Gasteiger charge is 2.44. The maximum atomic E-state index is 12.5. The Balaban J connectivity index is 2.60. The first kappa shape index (κ1) is 35.4. The molecule has 1 heterocycles. The highest BCUT2D eigenvalue weighted by molar-refractivity contribution is 5.76. The summed E-state index contributed by atoms with van der Waals surface area (Å²) in [5.74, 6) is -0.215. The van der Waals surface area contributed by atoms with Gasteiger partial charge in [0.15, 0.2) is 6.29 Å². The van der Waals surface area contributed by atoms with Gasteiger partial charge < -0.3 is 40.3 Å². The number of hydrogen-bond donors (Lipinski definition) is 6. The van der Waals surface area contributed by atoms with Crippen LogP contribution in [0.25, 0.3) is 0 Å². The van der Waals surface area contributed by atoms with Crippen LogP contribution in [0.2, 0.25) is 0 Å². The molecule has 7 atom stereocenters. The number of ether oxygens (including phenoxy) is 2. The van der Waals surface area contributed by atoms with Crippen molar-refractivity contribution in [3.05, 3.63) is 36.5 Å². The molecule has 1 aliphatic heterocycles. The maximum absolute atomic E-state index is 12.5. The first-order chi connectivity index (χ1) is 18.8. The van der Waals surface area contributed by atoms with Crippen molar-refractivity contribution in [3.8, 4) is 0 Å². The Morgan fingerprint density at radius 1 is 0.846 bits per heavy atom. The summed E-state index contributed by atoms with van der Waals surface area (Å²) in [6.07, 6.45) is 15.4. The number of allylic oxidation sites excluding steroid dienone is 5. The molecule has 0 aliphatic carbocycles. The molecular weight excluding hydrogens is 502 g/mol. The third-order valence-electron chi connectivity index (χ3n) is 6.70. The van der Waals surface area contributed by atoms with Crippen molar-refractivity contribution >= 4 is 5.91 Å². The summed E-state index contributed by atoms with van der Waals surface area (Å²) in [7, 11) is 0. The van der Waals surface area contributed by atoms with Gasteiger partial charge in [-0.05, 0) is 38.5 Å². The van der Waals surface area contributed by atoms with Gasteiger partial charge in [0.1, 0.15) is 24.4 Å². The van der Waals surface area contributed by atoms with Crippen LogP contribution in [0.1, 0.15) is 90.9 Å². The minimum atomic E-state index is -1.57. The highest BCUT2D eigenvalue weighted by Crippen LogP contribution is 2.22. The van der Waals surface area contributed by atoms with E-state index in [0.29, 0.717) is 6.42 Å². The molecule has 1 rings (SSSR count). The Bertz CT molecular complexity index is 711. The van der Waals surface area contributed by atoms with Gasteiger partial charge in [0, 0.05) is 6.42 Å². The average Bonchev–Trinajstić information content (AvgIpc) is 2.93. The molecule has 1 amide bonds. The van der Waals surface area contributed by atoms with E-state index in [9.17, 15) is 30.3 Å². The number of rotatable bonds is 21. The van der Waals surface area contributed by atoms with E-state index in [1.807, 2.05) is 6.08 Å². The van der Waals surface area contributed by atoms with Crippen molar-refractivity contribution in [1.82, 2.24) is 5.32 Å². The molecule has 0 spiro atoms. The molecule has 6 N–H and O–H groups in total. The fourth-order valence-corrected chi connectivity index (χ4v) is 4.17. The molecule has 39 heavy (non-hydrogen) atoms. The van der Waals surface area contributed by atoms with E-state index in [-0.39, 0.29) is 12.5 Å². The van der Waals surface area contributed by atoms with Gasteiger partial charge in [0.05, 0.1) is 25.4 Å². The zero-order valence-corrected chi connectivity index (χ0v) is 23.9. The van der Waals surface area contributed by atoms with Crippen LogP contribution in [0.5, 0.6) is 0 Å². The van der Waals surface area contributed by atoms with Crippen LogP contribution in [0.4, 0.5) is 0 Å². The lowest BCUT2D eigenvalue weighted by Gasteiger charge is -2.40. The van der Waals surface area contributed by atoms with Crippen LogP contribution >= 0.6 is 0 Å². The monoisotopic (exact) mass is 555 g/mol. The summed E-state index contributed by atoms with van der Waals surface area (Å²) in [5.41, 5.74) is 0. The molecule has 1 saturated heterocycles. The minimum Gasteiger partial charge on any atom is -0.394 e. The number of aliphatic hydroxyl groups is 5. The lowest BCUT2D eigenvalue weighted by atomic mass is 9.99. The van der Waals surface area contributed by atoms with Crippen LogP contribution in [0, 0.1) is 0 Å². The lowest BCUT2D eigenvalue weighted by molar-refractivity contribution is -0.302. The molecule has 0 aromatic heterocycles. The van der Waals surface area contributed by atoms with Gasteiger partial charge in [-0.2, -0.15) is 0 Å². The van der Waals surface area contributed by atoms with Gasteiger partial charge >= 0.3 is 0 Å². The number of aliphatic hydroxyl groups excluding tert-OH is 5. The standard InChI is InChI=1S/C30H53NO8/c1-3-5-7-9-10-11-12-13-14-15-16-17-19-24(33)23(31-26(34)20-18-8-6-4-2)22-38-30-29(37)28(36)27(35)25(21-32)39-30/h9-10,13-14,17,19,23-25,27-30,32-33,35-37H,3-8,11-12,15-16,18,20-22H2,1-2H3,(H,31,34)/b10-9+,14-13+,19-17+. The van der Waals surface area contributed by atoms with E-state index in [2.05, 4.69) is 43.5 Å². The second-order valence-corrected chi connectivity index (χ2v) is 10.2. The molecule has 0 bridgehead atoms. The lowest BCUT2D eigenvalue weighted by Crippen LogP contribution is -2.60. The van der Waals surface area contributed by atoms with Crippen molar-refractivity contribution < 1.29 is 39.8 Å². The third-order valence-corrected chi connectivity index (χ3v) is 6.70. The second kappa shape index (κ2) is 22.1. The van der Waals surface area contributed by atoms with E-state index >= 15 is 0 Å². The molecular formula is C30H53NO8. The van der Waals surface area contributed by atoms with E-state index in [4.69, 9.17) is 9.47 Å². The summed E-state index contributed by atoms with van der Waals surface area (Å²) in [6, 6.07) is -0.817. The normalized spacial score (nSPS) is 25.6. The molecule has 226 valence electrons. The highest BCUT2D eigenvalue weighted by atomic mass is 16.7. The molecule has 7 unspecified atom stereocenters. The van der Waals surface area contributed by atoms with Crippen LogP contribution in [-0.4, -0.2) is 87.5 Å². The summed E-state index contributed by atoms with van der Waals surface area (Å²) < 4.78 is 11.0. The van der Waals surface area contributed by atoms with E-state index in [1.165, 1.54) is 12.8 Å². The maximum Gasteiger partial charge on any atom is 0.220 e. The van der Waals surface area contributed by atoms with Crippen molar-refractivity contribution in [1.29, 1.82) is 0 Å². The summed E-state index contributed by atoms with van der Waals surface area (Å²) in [4.78, 5) is 12.5. The Morgan fingerprint density at radius 2 is 1.46 bits per heavy atom. The van der Waals surface area contributed by atoms with Gasteiger partial charge in [0.25, 0.3) is 0 Å². The van der Waals surface area contributed by atoms with Gasteiger partial charge in [0.2, 0.25) is 5.91 Å². The van der Waals surface area contributed by atoms with E-state index < -0.39 is 49.5 Å². The van der Waals surface area contributed by atoms with Crippen molar-refractivity contribution in [3.63, 3.8) is 0 Å². The molecule has 1 aliphatic rings. The van der Waals surface area contributed by atoms with Gasteiger partial charge in [-0.25, -0.2) is 0 Å². The third kappa shape index (κ3) is 15.1. The van der Waals surface area contributed by atoms with Crippen molar-refractivity contribution in [2.45, 2.75) is 134 Å². The molecule has 9 heteroatoms. The molecule has 0 aromatic rings. The first-order valence-corrected chi connectivity index (χ1v) is 14.7. The number of carbonyl (C=O) groups is 1. The van der Waals surface area contributed by atoms with Crippen LogP contribution in [0.15, 0.2) is 36.5 Å². The Kier molecular flexibility index (Phi) is 20.1.